The summed E-state index contributed by atoms with van der Waals surface area (Å²) in [5.74, 6) is 0.0602. The first-order valence-corrected chi connectivity index (χ1v) is 6.21. The van der Waals surface area contributed by atoms with Gasteiger partial charge in [-0.15, -0.1) is 5.06 Å². The maximum absolute atomic E-state index is 12.4. The Morgan fingerprint density at radius 2 is 1.83 bits per heavy atom. The fourth-order valence-electron chi connectivity index (χ4n) is 2.50. The molecule has 1 fully saturated rings. The lowest BCUT2D eigenvalue weighted by Gasteiger charge is -2.39. The van der Waals surface area contributed by atoms with E-state index >= 15 is 0 Å². The van der Waals surface area contributed by atoms with Crippen LogP contribution >= 0.6 is 0 Å². The maximum Gasteiger partial charge on any atom is 0.248 e. The van der Waals surface area contributed by atoms with Gasteiger partial charge in [-0.2, -0.15) is 0 Å². The van der Waals surface area contributed by atoms with Gasteiger partial charge in [-0.25, -0.2) is 0 Å². The van der Waals surface area contributed by atoms with Crippen LogP contribution in [-0.2, 0) is 4.79 Å². The molecule has 1 aliphatic rings. The highest BCUT2D eigenvalue weighted by Gasteiger charge is 2.54. The molecule has 0 saturated carbocycles. The molecule has 1 aromatic rings. The average molecular weight is 248 g/mol. The van der Waals surface area contributed by atoms with Crippen LogP contribution in [0.5, 0.6) is 0 Å². The Morgan fingerprint density at radius 3 is 2.28 bits per heavy atom. The van der Waals surface area contributed by atoms with Gasteiger partial charge in [-0.1, -0.05) is 44.2 Å². The first kappa shape index (κ1) is 13.1. The van der Waals surface area contributed by atoms with E-state index in [2.05, 4.69) is 0 Å². The Hall–Kier alpha value is -1.39. The van der Waals surface area contributed by atoms with Gasteiger partial charge in [0, 0.05) is 7.05 Å². The molecule has 0 bridgehead atoms. The predicted octanol–water partition coefficient (Wildman–Crippen LogP) is 2.26. The van der Waals surface area contributed by atoms with Crippen LogP contribution in [0.4, 0.5) is 0 Å². The summed E-state index contributed by atoms with van der Waals surface area (Å²) in [6, 6.07) is 8.78. The zero-order chi connectivity index (χ0) is 13.5. The van der Waals surface area contributed by atoms with Crippen LogP contribution in [0.25, 0.3) is 0 Å². The molecule has 1 saturated heterocycles. The highest BCUT2D eigenvalue weighted by molar-refractivity contribution is 5.85. The zero-order valence-corrected chi connectivity index (χ0v) is 11.3. The SMILES string of the molecule is CC(C)[C@]1(C)N(C)C(=O)[C@@H](c2ccccc2)N1O. The van der Waals surface area contributed by atoms with Crippen molar-refractivity contribution < 1.29 is 10.0 Å². The second-order valence-electron chi connectivity index (χ2n) is 5.30. The number of amides is 1. The largest absolute Gasteiger partial charge is 0.323 e. The Kier molecular flexibility index (Phi) is 3.17. The van der Waals surface area contributed by atoms with E-state index in [0.717, 1.165) is 5.56 Å². The van der Waals surface area contributed by atoms with Crippen molar-refractivity contribution in [2.75, 3.05) is 7.05 Å². The van der Waals surface area contributed by atoms with Crippen LogP contribution in [0.15, 0.2) is 30.3 Å². The molecule has 0 radical (unpaired) electrons. The van der Waals surface area contributed by atoms with E-state index in [1.54, 1.807) is 11.9 Å². The minimum atomic E-state index is -0.669. The second-order valence-corrected chi connectivity index (χ2v) is 5.30. The molecule has 1 aliphatic heterocycles. The number of rotatable bonds is 2. The molecule has 0 spiro atoms. The number of benzene rings is 1. The molecule has 1 heterocycles. The number of hydrogen-bond donors (Lipinski definition) is 1. The molecule has 4 nitrogen and oxygen atoms in total. The van der Waals surface area contributed by atoms with Gasteiger partial charge in [0.15, 0.2) is 0 Å². The van der Waals surface area contributed by atoms with E-state index < -0.39 is 11.7 Å². The number of hydroxylamine groups is 2. The fourth-order valence-corrected chi connectivity index (χ4v) is 2.50. The van der Waals surface area contributed by atoms with Gasteiger partial charge in [0.2, 0.25) is 5.91 Å². The van der Waals surface area contributed by atoms with Crippen molar-refractivity contribution in [3.8, 4) is 0 Å². The van der Waals surface area contributed by atoms with E-state index in [1.165, 1.54) is 5.06 Å². The maximum atomic E-state index is 12.4. The smallest absolute Gasteiger partial charge is 0.248 e. The lowest BCUT2D eigenvalue weighted by atomic mass is 9.97. The minimum Gasteiger partial charge on any atom is -0.323 e. The number of likely N-dealkylation sites (N-methyl/N-ethyl adjacent to an activating group) is 1. The molecule has 2 atom stereocenters. The molecule has 1 amide bonds. The fraction of sp³-hybridized carbons (Fsp3) is 0.500. The molecule has 0 aromatic heterocycles. The molecule has 4 heteroatoms. The van der Waals surface area contributed by atoms with E-state index in [4.69, 9.17) is 0 Å². The molecule has 0 aliphatic carbocycles. The molecular formula is C14H20N2O2. The number of nitrogens with zero attached hydrogens (tertiary/aromatic N) is 2. The third-order valence-corrected chi connectivity index (χ3v) is 4.16. The molecule has 98 valence electrons. The standard InChI is InChI=1S/C14H20N2O2/c1-10(2)14(3)15(4)13(17)12(16(14)18)11-8-6-5-7-9-11/h5-10,12,18H,1-4H3/t12-,14-/m1/s1. The first-order chi connectivity index (χ1) is 8.40. The van der Waals surface area contributed by atoms with E-state index in [0.29, 0.717) is 0 Å². The molecule has 2 rings (SSSR count). The van der Waals surface area contributed by atoms with E-state index in [9.17, 15) is 10.0 Å². The lowest BCUT2D eigenvalue weighted by molar-refractivity contribution is -0.210. The van der Waals surface area contributed by atoms with Crippen molar-refractivity contribution in [2.45, 2.75) is 32.5 Å². The summed E-state index contributed by atoms with van der Waals surface area (Å²) in [7, 11) is 1.74. The van der Waals surface area contributed by atoms with Crippen molar-refractivity contribution in [2.24, 2.45) is 5.92 Å². The topological polar surface area (TPSA) is 43.8 Å². The predicted molar refractivity (Wildman–Crippen MR) is 68.8 cm³/mol. The van der Waals surface area contributed by atoms with Crippen LogP contribution in [0.1, 0.15) is 32.4 Å². The van der Waals surface area contributed by atoms with Crippen LogP contribution in [0, 0.1) is 5.92 Å². The van der Waals surface area contributed by atoms with Crippen LogP contribution in [0.3, 0.4) is 0 Å². The van der Waals surface area contributed by atoms with Gasteiger partial charge < -0.3 is 10.1 Å². The summed E-state index contributed by atoms with van der Waals surface area (Å²) in [4.78, 5) is 14.0. The lowest BCUT2D eigenvalue weighted by Crippen LogP contribution is -2.52. The van der Waals surface area contributed by atoms with Crippen LogP contribution in [-0.4, -0.2) is 33.8 Å². The van der Waals surface area contributed by atoms with Gasteiger partial charge in [0.05, 0.1) is 0 Å². The van der Waals surface area contributed by atoms with E-state index in [1.807, 2.05) is 51.1 Å². The summed E-state index contributed by atoms with van der Waals surface area (Å²) in [6.07, 6.45) is 0. The van der Waals surface area contributed by atoms with Gasteiger partial charge in [0.25, 0.3) is 0 Å². The first-order valence-electron chi connectivity index (χ1n) is 6.21. The molecule has 1 aromatic carbocycles. The summed E-state index contributed by atoms with van der Waals surface area (Å²) in [5.41, 5.74) is 0.152. The molecular weight excluding hydrogens is 228 g/mol. The Morgan fingerprint density at radius 1 is 1.28 bits per heavy atom. The van der Waals surface area contributed by atoms with Crippen molar-refractivity contribution in [3.63, 3.8) is 0 Å². The summed E-state index contributed by atoms with van der Waals surface area (Å²) in [6.45, 7) is 5.89. The van der Waals surface area contributed by atoms with Gasteiger partial charge in [0.1, 0.15) is 11.7 Å². The summed E-state index contributed by atoms with van der Waals surface area (Å²) in [5, 5.41) is 11.6. The molecule has 1 N–H and O–H groups in total. The van der Waals surface area contributed by atoms with Crippen molar-refractivity contribution in [1.29, 1.82) is 0 Å². The Labute approximate surface area is 108 Å². The van der Waals surface area contributed by atoms with E-state index in [-0.39, 0.29) is 11.8 Å². The zero-order valence-electron chi connectivity index (χ0n) is 11.3. The van der Waals surface area contributed by atoms with Crippen molar-refractivity contribution >= 4 is 5.91 Å². The van der Waals surface area contributed by atoms with Gasteiger partial charge in [-0.05, 0) is 18.4 Å². The monoisotopic (exact) mass is 248 g/mol. The average Bonchev–Trinajstić information content (AvgIpc) is 2.53. The summed E-state index contributed by atoms with van der Waals surface area (Å²) < 4.78 is 0. The molecule has 0 unspecified atom stereocenters. The Bertz CT molecular complexity index is 446. The van der Waals surface area contributed by atoms with Crippen LogP contribution < -0.4 is 0 Å². The van der Waals surface area contributed by atoms with Crippen molar-refractivity contribution in [3.05, 3.63) is 35.9 Å². The summed E-state index contributed by atoms with van der Waals surface area (Å²) >= 11 is 0. The number of carbonyl (C=O) groups is 1. The highest BCUT2D eigenvalue weighted by atomic mass is 16.5. The minimum absolute atomic E-state index is 0.0695. The van der Waals surface area contributed by atoms with Crippen LogP contribution in [0.2, 0.25) is 0 Å². The molecule has 18 heavy (non-hydrogen) atoms. The third kappa shape index (κ3) is 1.64. The Balaban J connectivity index is 2.44. The normalized spacial score (nSPS) is 29.3. The number of hydrogen-bond acceptors (Lipinski definition) is 3. The van der Waals surface area contributed by atoms with Gasteiger partial charge >= 0.3 is 0 Å². The van der Waals surface area contributed by atoms with Crippen molar-refractivity contribution in [1.82, 2.24) is 9.96 Å². The number of carbonyl (C=O) groups excluding carboxylic acids is 1. The second kappa shape index (κ2) is 4.37. The highest BCUT2D eigenvalue weighted by Crippen LogP contribution is 2.41. The quantitative estimate of drug-likeness (QED) is 0.873. The third-order valence-electron chi connectivity index (χ3n) is 4.16. The van der Waals surface area contributed by atoms with Gasteiger partial charge in [-0.3, -0.25) is 4.79 Å².